The Hall–Kier alpha value is -3.20. The van der Waals surface area contributed by atoms with E-state index in [0.717, 1.165) is 71.4 Å². The predicted octanol–water partition coefficient (Wildman–Crippen LogP) is 4.62. The number of hydrogen-bond acceptors (Lipinski definition) is 6. The van der Waals surface area contributed by atoms with Crippen LogP contribution in [-0.4, -0.2) is 74.5 Å². The van der Waals surface area contributed by atoms with Crippen molar-refractivity contribution in [1.29, 1.82) is 0 Å². The number of hydrogen-bond donors (Lipinski definition) is 2. The van der Waals surface area contributed by atoms with Gasteiger partial charge in [-0.25, -0.2) is 0 Å². The summed E-state index contributed by atoms with van der Waals surface area (Å²) in [5.41, 5.74) is 4.63. The topological polar surface area (TPSA) is 96.5 Å². The summed E-state index contributed by atoms with van der Waals surface area (Å²) in [4.78, 5) is 19.5. The molecule has 2 aliphatic rings. The zero-order valence-electron chi connectivity index (χ0n) is 23.7. The van der Waals surface area contributed by atoms with E-state index in [1.165, 1.54) is 7.11 Å². The highest BCUT2D eigenvalue weighted by molar-refractivity contribution is 6.00. The normalized spacial score (nSPS) is 19.6. The Morgan fingerprint density at radius 3 is 2.74 bits per heavy atom. The highest BCUT2D eigenvalue weighted by Gasteiger charge is 2.23. The van der Waals surface area contributed by atoms with E-state index >= 15 is 0 Å². The highest BCUT2D eigenvalue weighted by atomic mass is 16.6. The number of piperidine rings is 1. The first kappa shape index (κ1) is 28.8. The first-order valence-electron chi connectivity index (χ1n) is 13.7. The number of aliphatic imine (C=N–C) groups is 1. The molecule has 0 spiro atoms. The van der Waals surface area contributed by atoms with Crippen LogP contribution < -0.4 is 5.32 Å². The molecule has 4 rings (SSSR count). The van der Waals surface area contributed by atoms with Gasteiger partial charge in [0.2, 0.25) is 0 Å². The number of fused-ring (bicyclic) bond motifs is 1. The lowest BCUT2D eigenvalue weighted by Gasteiger charge is -2.34. The second kappa shape index (κ2) is 13.2. The number of aliphatic hydroxyl groups excluding tert-OH is 1. The number of likely N-dealkylation sites (tertiary alicyclic amines) is 1. The summed E-state index contributed by atoms with van der Waals surface area (Å²) in [6, 6.07) is 4.07. The predicted molar refractivity (Wildman–Crippen MR) is 154 cm³/mol. The second-order valence-electron chi connectivity index (χ2n) is 10.3. The minimum absolute atomic E-state index is 0.206. The van der Waals surface area contributed by atoms with Gasteiger partial charge >= 0.3 is 0 Å². The molecule has 0 saturated carbocycles. The molecule has 2 N–H and O–H groups in total. The molecule has 39 heavy (non-hydrogen) atoms. The van der Waals surface area contributed by atoms with Gasteiger partial charge in [-0.1, -0.05) is 36.4 Å². The molecule has 1 fully saturated rings. The van der Waals surface area contributed by atoms with Crippen LogP contribution in [0.15, 0.2) is 57.5 Å². The van der Waals surface area contributed by atoms with Crippen molar-refractivity contribution in [3.63, 3.8) is 0 Å². The fourth-order valence-corrected chi connectivity index (χ4v) is 5.15. The van der Waals surface area contributed by atoms with Crippen LogP contribution in [0.25, 0.3) is 11.0 Å². The number of nitrogens with one attached hydrogen (secondary N) is 1. The number of furan rings is 1. The van der Waals surface area contributed by atoms with Crippen LogP contribution in [0, 0.1) is 26.7 Å². The van der Waals surface area contributed by atoms with E-state index in [0.29, 0.717) is 18.9 Å². The Bertz CT molecular complexity index is 1280. The number of allylic oxidation sites excluding steroid dienone is 1. The van der Waals surface area contributed by atoms with E-state index in [1.807, 2.05) is 51.1 Å². The standard InChI is InChI=1S/C31H41N3O5/c1-20-11-12-26-22(3)29(39-28(26)21(20)2)30(35)33-15-7-10-27(32-4)34-16-13-25(14-17-34)38-19-23-8-6-9-24(18-23)31(36)37-5/h6-7,9-12,18,23,25,31,36H,8,13-17,19H2,1-5H3,(H,33,35)/b10-7-,32-27?. The second-order valence-corrected chi connectivity index (χ2v) is 10.3. The van der Waals surface area contributed by atoms with Gasteiger partial charge in [0.05, 0.1) is 12.7 Å². The van der Waals surface area contributed by atoms with Gasteiger partial charge in [-0.3, -0.25) is 9.79 Å². The summed E-state index contributed by atoms with van der Waals surface area (Å²) in [6.45, 7) is 8.72. The number of rotatable bonds is 9. The maximum Gasteiger partial charge on any atom is 0.287 e. The molecule has 1 aliphatic heterocycles. The van der Waals surface area contributed by atoms with E-state index in [9.17, 15) is 9.90 Å². The van der Waals surface area contributed by atoms with Gasteiger partial charge in [-0.15, -0.1) is 0 Å². The lowest BCUT2D eigenvalue weighted by molar-refractivity contribution is -0.0433. The van der Waals surface area contributed by atoms with Crippen molar-refractivity contribution in [3.8, 4) is 0 Å². The smallest absolute Gasteiger partial charge is 0.287 e. The molecule has 2 atom stereocenters. The maximum atomic E-state index is 12.8. The van der Waals surface area contributed by atoms with Crippen LogP contribution in [0.2, 0.25) is 0 Å². The van der Waals surface area contributed by atoms with Crippen molar-refractivity contribution in [3.05, 3.63) is 70.5 Å². The summed E-state index contributed by atoms with van der Waals surface area (Å²) in [5, 5.41) is 13.8. The fourth-order valence-electron chi connectivity index (χ4n) is 5.15. The molecule has 8 nitrogen and oxygen atoms in total. The van der Waals surface area contributed by atoms with Gasteiger partial charge in [0.15, 0.2) is 12.1 Å². The molecule has 2 aromatic rings. The quantitative estimate of drug-likeness (QED) is 0.276. The van der Waals surface area contributed by atoms with E-state index in [4.69, 9.17) is 13.9 Å². The van der Waals surface area contributed by atoms with Crippen LogP contribution in [-0.2, 0) is 9.47 Å². The molecular weight excluding hydrogens is 494 g/mol. The molecular formula is C31H41N3O5. The van der Waals surface area contributed by atoms with Crippen molar-refractivity contribution in [1.82, 2.24) is 10.2 Å². The highest BCUT2D eigenvalue weighted by Crippen LogP contribution is 2.29. The number of carbonyl (C=O) groups excluding carboxylic acids is 1. The Labute approximate surface area is 231 Å². The number of ether oxygens (including phenoxy) is 2. The molecule has 1 amide bonds. The zero-order chi connectivity index (χ0) is 27.9. The number of amidine groups is 1. The van der Waals surface area contributed by atoms with Gasteiger partial charge in [0.1, 0.15) is 11.4 Å². The van der Waals surface area contributed by atoms with E-state index in [-0.39, 0.29) is 17.9 Å². The minimum Gasteiger partial charge on any atom is -0.450 e. The Balaban J connectivity index is 1.23. The SMILES string of the molecule is CN=C(/C=C\CNC(=O)c1oc2c(C)c(C)ccc2c1C)N1CCC(OCC2C=C(C(O)OC)C=CC2)CC1. The van der Waals surface area contributed by atoms with Crippen LogP contribution >= 0.6 is 0 Å². The van der Waals surface area contributed by atoms with Gasteiger partial charge in [-0.2, -0.15) is 0 Å². The number of benzene rings is 1. The van der Waals surface area contributed by atoms with Crippen LogP contribution in [0.3, 0.4) is 0 Å². The average Bonchev–Trinajstić information content (AvgIpc) is 3.30. The van der Waals surface area contributed by atoms with Crippen LogP contribution in [0.4, 0.5) is 0 Å². The Morgan fingerprint density at radius 1 is 1.26 bits per heavy atom. The molecule has 8 heteroatoms. The molecule has 1 aromatic heterocycles. The molecule has 0 bridgehead atoms. The van der Waals surface area contributed by atoms with Crippen molar-refractivity contribution in [2.75, 3.05) is 40.4 Å². The van der Waals surface area contributed by atoms with Crippen molar-refractivity contribution >= 4 is 22.7 Å². The first-order chi connectivity index (χ1) is 18.8. The number of carbonyl (C=O) groups is 1. The largest absolute Gasteiger partial charge is 0.450 e. The number of amides is 1. The molecule has 1 aromatic carbocycles. The monoisotopic (exact) mass is 535 g/mol. The van der Waals surface area contributed by atoms with Gasteiger partial charge in [-0.05, 0) is 57.2 Å². The summed E-state index contributed by atoms with van der Waals surface area (Å²) in [6.07, 6.45) is 12.0. The van der Waals surface area contributed by atoms with Crippen LogP contribution in [0.1, 0.15) is 46.5 Å². The van der Waals surface area contributed by atoms with Crippen molar-refractivity contribution < 1.29 is 23.8 Å². The number of methoxy groups -OCH3 is 1. The number of aryl methyl sites for hydroxylation is 3. The summed E-state index contributed by atoms with van der Waals surface area (Å²) >= 11 is 0. The third kappa shape index (κ3) is 6.87. The zero-order valence-corrected chi connectivity index (χ0v) is 23.7. The molecule has 2 heterocycles. The summed E-state index contributed by atoms with van der Waals surface area (Å²) < 4.78 is 17.2. The van der Waals surface area contributed by atoms with Crippen molar-refractivity contribution in [2.45, 2.75) is 52.4 Å². The van der Waals surface area contributed by atoms with Crippen molar-refractivity contribution in [2.24, 2.45) is 10.9 Å². The van der Waals surface area contributed by atoms with Gasteiger partial charge in [0.25, 0.3) is 5.91 Å². The summed E-state index contributed by atoms with van der Waals surface area (Å²) in [5.74, 6) is 1.29. The fraction of sp³-hybridized carbons (Fsp3) is 0.484. The van der Waals surface area contributed by atoms with E-state index < -0.39 is 6.29 Å². The van der Waals surface area contributed by atoms with Crippen LogP contribution in [0.5, 0.6) is 0 Å². The molecule has 2 unspecified atom stereocenters. The maximum absolute atomic E-state index is 12.8. The van der Waals surface area contributed by atoms with Gasteiger partial charge in [0, 0.05) is 56.2 Å². The Kier molecular flexibility index (Phi) is 9.78. The third-order valence-corrected chi connectivity index (χ3v) is 7.71. The number of aliphatic hydroxyl groups is 1. The molecule has 0 radical (unpaired) electrons. The molecule has 210 valence electrons. The molecule has 1 aliphatic carbocycles. The van der Waals surface area contributed by atoms with E-state index in [1.54, 1.807) is 7.05 Å². The third-order valence-electron chi connectivity index (χ3n) is 7.71. The first-order valence-corrected chi connectivity index (χ1v) is 13.7. The summed E-state index contributed by atoms with van der Waals surface area (Å²) in [7, 11) is 3.29. The van der Waals surface area contributed by atoms with E-state index in [2.05, 4.69) is 27.4 Å². The van der Waals surface area contributed by atoms with Gasteiger partial charge < -0.3 is 29.2 Å². The average molecular weight is 536 g/mol. The lowest BCUT2D eigenvalue weighted by Crippen LogP contribution is -2.40. The lowest BCUT2D eigenvalue weighted by atomic mass is 9.96. The minimum atomic E-state index is -0.886. The Morgan fingerprint density at radius 2 is 2.03 bits per heavy atom. The number of nitrogens with zero attached hydrogens (tertiary/aromatic N) is 2. The molecule has 1 saturated heterocycles.